The topological polar surface area (TPSA) is 65.5 Å². The number of carbonyl (C=O) groups excluding carboxylic acids is 1. The summed E-state index contributed by atoms with van der Waals surface area (Å²) in [6, 6.07) is 7.45. The number of rotatable bonds is 5. The smallest absolute Gasteiger partial charge is 0.246 e. The Morgan fingerprint density at radius 1 is 1.25 bits per heavy atom. The second-order valence-electron chi connectivity index (χ2n) is 3.78. The first-order valence-electron chi connectivity index (χ1n) is 6.23. The van der Waals surface area contributed by atoms with Crippen LogP contribution in [0.4, 0.5) is 5.69 Å². The van der Waals surface area contributed by atoms with E-state index in [9.17, 15) is 4.79 Å². The summed E-state index contributed by atoms with van der Waals surface area (Å²) in [6.45, 7) is 5.57. The van der Waals surface area contributed by atoms with E-state index in [0.717, 1.165) is 23.2 Å². The van der Waals surface area contributed by atoms with Crippen LogP contribution >= 0.6 is 39.9 Å². The van der Waals surface area contributed by atoms with E-state index in [0.29, 0.717) is 5.96 Å². The molecule has 0 saturated carbocycles. The fraction of sp³-hybridized carbons (Fsp3) is 0.385. The van der Waals surface area contributed by atoms with Gasteiger partial charge in [-0.2, -0.15) is 0 Å². The lowest BCUT2D eigenvalue weighted by molar-refractivity contribution is -0.114. The van der Waals surface area contributed by atoms with Gasteiger partial charge in [0.25, 0.3) is 0 Å². The third-order valence-electron chi connectivity index (χ3n) is 2.18. The first kappa shape index (κ1) is 19.2. The number of halogens is 2. The zero-order chi connectivity index (χ0) is 14.1. The van der Waals surface area contributed by atoms with Gasteiger partial charge in [-0.25, -0.2) is 4.99 Å². The van der Waals surface area contributed by atoms with Crippen LogP contribution in [0.15, 0.2) is 33.7 Å². The van der Waals surface area contributed by atoms with E-state index in [1.165, 1.54) is 0 Å². The SMILES string of the molecule is CCNC(=NCC(=O)Nc1cccc(Br)c1)NCC.I. The van der Waals surface area contributed by atoms with Crippen molar-refractivity contribution < 1.29 is 4.79 Å². The number of amides is 1. The van der Waals surface area contributed by atoms with E-state index in [2.05, 4.69) is 36.9 Å². The first-order chi connectivity index (χ1) is 9.15. The zero-order valence-corrected chi connectivity index (χ0v) is 15.5. The van der Waals surface area contributed by atoms with Gasteiger partial charge in [0.2, 0.25) is 5.91 Å². The van der Waals surface area contributed by atoms with Crippen molar-refractivity contribution in [2.24, 2.45) is 4.99 Å². The zero-order valence-electron chi connectivity index (χ0n) is 11.6. The van der Waals surface area contributed by atoms with Gasteiger partial charge < -0.3 is 16.0 Å². The van der Waals surface area contributed by atoms with E-state index in [1.807, 2.05) is 38.1 Å². The number of anilines is 1. The number of benzene rings is 1. The number of hydrogen-bond acceptors (Lipinski definition) is 2. The summed E-state index contributed by atoms with van der Waals surface area (Å²) in [5.74, 6) is 0.501. The van der Waals surface area contributed by atoms with Gasteiger partial charge in [0, 0.05) is 23.2 Å². The number of nitrogens with zero attached hydrogens (tertiary/aromatic N) is 1. The number of carbonyl (C=O) groups is 1. The minimum absolute atomic E-state index is 0. The van der Waals surface area contributed by atoms with Crippen LogP contribution < -0.4 is 16.0 Å². The molecule has 0 atom stereocenters. The van der Waals surface area contributed by atoms with Crippen LogP contribution in [0.3, 0.4) is 0 Å². The number of aliphatic imine (C=N–C) groups is 1. The molecule has 0 aromatic heterocycles. The predicted molar refractivity (Wildman–Crippen MR) is 97.8 cm³/mol. The van der Waals surface area contributed by atoms with Crippen molar-refractivity contribution in [3.63, 3.8) is 0 Å². The molecule has 0 aliphatic carbocycles. The molecule has 0 heterocycles. The monoisotopic (exact) mass is 454 g/mol. The number of hydrogen-bond donors (Lipinski definition) is 3. The fourth-order valence-electron chi connectivity index (χ4n) is 1.43. The van der Waals surface area contributed by atoms with Crippen molar-refractivity contribution >= 4 is 57.5 Å². The normalized spacial score (nSPS) is 9.15. The van der Waals surface area contributed by atoms with Gasteiger partial charge in [-0.05, 0) is 32.0 Å². The standard InChI is InChI=1S/C13H19BrN4O.HI/c1-3-15-13(16-4-2)17-9-12(19)18-11-7-5-6-10(14)8-11;/h5-8H,3-4,9H2,1-2H3,(H,18,19)(H2,15,16,17);1H. The molecule has 3 N–H and O–H groups in total. The molecular weight excluding hydrogens is 435 g/mol. The molecule has 20 heavy (non-hydrogen) atoms. The van der Waals surface area contributed by atoms with Crippen molar-refractivity contribution in [2.45, 2.75) is 13.8 Å². The van der Waals surface area contributed by atoms with Crippen LogP contribution in [0, 0.1) is 0 Å². The van der Waals surface area contributed by atoms with Crippen LogP contribution in [0.25, 0.3) is 0 Å². The maximum atomic E-state index is 11.7. The molecule has 1 rings (SSSR count). The number of nitrogens with one attached hydrogen (secondary N) is 3. The fourth-order valence-corrected chi connectivity index (χ4v) is 1.83. The lowest BCUT2D eigenvalue weighted by Crippen LogP contribution is -2.37. The molecule has 0 aliphatic heterocycles. The molecular formula is C13H20BrIN4O. The van der Waals surface area contributed by atoms with Crippen molar-refractivity contribution in [1.29, 1.82) is 0 Å². The van der Waals surface area contributed by atoms with Gasteiger partial charge in [0.15, 0.2) is 5.96 Å². The van der Waals surface area contributed by atoms with E-state index in [4.69, 9.17) is 0 Å². The summed E-state index contributed by atoms with van der Waals surface area (Å²) >= 11 is 3.36. The molecule has 0 radical (unpaired) electrons. The lowest BCUT2D eigenvalue weighted by atomic mass is 10.3. The van der Waals surface area contributed by atoms with Gasteiger partial charge in [-0.15, -0.1) is 24.0 Å². The molecule has 1 amide bonds. The quantitative estimate of drug-likeness (QED) is 0.364. The van der Waals surface area contributed by atoms with Gasteiger partial charge in [0.05, 0.1) is 0 Å². The van der Waals surface area contributed by atoms with Crippen molar-refractivity contribution in [1.82, 2.24) is 10.6 Å². The average molecular weight is 455 g/mol. The predicted octanol–water partition coefficient (Wildman–Crippen LogP) is 2.58. The Morgan fingerprint density at radius 2 is 1.90 bits per heavy atom. The highest BCUT2D eigenvalue weighted by atomic mass is 127. The van der Waals surface area contributed by atoms with Gasteiger partial charge in [-0.3, -0.25) is 4.79 Å². The highest BCUT2D eigenvalue weighted by Gasteiger charge is 2.02. The Bertz CT molecular complexity index is 446. The van der Waals surface area contributed by atoms with E-state index < -0.39 is 0 Å². The largest absolute Gasteiger partial charge is 0.357 e. The molecule has 5 nitrogen and oxygen atoms in total. The molecule has 112 valence electrons. The van der Waals surface area contributed by atoms with Crippen LogP contribution in [-0.2, 0) is 4.79 Å². The molecule has 0 aliphatic rings. The number of guanidine groups is 1. The lowest BCUT2D eigenvalue weighted by Gasteiger charge is -2.09. The van der Waals surface area contributed by atoms with Crippen LogP contribution in [0.5, 0.6) is 0 Å². The summed E-state index contributed by atoms with van der Waals surface area (Å²) in [6.07, 6.45) is 0. The summed E-state index contributed by atoms with van der Waals surface area (Å²) in [7, 11) is 0. The highest BCUT2D eigenvalue weighted by Crippen LogP contribution is 2.15. The third kappa shape index (κ3) is 7.68. The molecule has 0 bridgehead atoms. The Kier molecular flexibility index (Phi) is 10.4. The Hall–Kier alpha value is -0.830. The molecule has 7 heteroatoms. The van der Waals surface area contributed by atoms with Crippen LogP contribution in [0.2, 0.25) is 0 Å². The highest BCUT2D eigenvalue weighted by molar-refractivity contribution is 14.0. The van der Waals surface area contributed by atoms with E-state index in [1.54, 1.807) is 0 Å². The van der Waals surface area contributed by atoms with Gasteiger partial charge >= 0.3 is 0 Å². The van der Waals surface area contributed by atoms with Gasteiger partial charge in [0.1, 0.15) is 6.54 Å². The maximum Gasteiger partial charge on any atom is 0.246 e. The molecule has 0 unspecified atom stereocenters. The third-order valence-corrected chi connectivity index (χ3v) is 2.67. The molecule has 0 spiro atoms. The minimum Gasteiger partial charge on any atom is -0.357 e. The molecule has 1 aromatic carbocycles. The van der Waals surface area contributed by atoms with Crippen LogP contribution in [0.1, 0.15) is 13.8 Å². The second kappa shape index (κ2) is 10.9. The Labute approximate surface area is 145 Å². The summed E-state index contributed by atoms with van der Waals surface area (Å²) in [5, 5.41) is 8.92. The van der Waals surface area contributed by atoms with Gasteiger partial charge in [-0.1, -0.05) is 22.0 Å². The molecule has 1 aromatic rings. The van der Waals surface area contributed by atoms with E-state index >= 15 is 0 Å². The average Bonchev–Trinajstić information content (AvgIpc) is 2.36. The Balaban J connectivity index is 0.00000361. The van der Waals surface area contributed by atoms with Crippen molar-refractivity contribution in [3.05, 3.63) is 28.7 Å². The molecule has 0 fully saturated rings. The second-order valence-corrected chi connectivity index (χ2v) is 4.70. The Morgan fingerprint density at radius 3 is 2.45 bits per heavy atom. The summed E-state index contributed by atoms with van der Waals surface area (Å²) in [4.78, 5) is 15.9. The maximum absolute atomic E-state index is 11.7. The summed E-state index contributed by atoms with van der Waals surface area (Å²) in [5.41, 5.74) is 0.753. The minimum atomic E-state index is -0.147. The van der Waals surface area contributed by atoms with Crippen LogP contribution in [-0.4, -0.2) is 31.5 Å². The van der Waals surface area contributed by atoms with Crippen molar-refractivity contribution in [2.75, 3.05) is 25.0 Å². The summed E-state index contributed by atoms with van der Waals surface area (Å²) < 4.78 is 0.926. The molecule has 0 saturated heterocycles. The van der Waals surface area contributed by atoms with Crippen molar-refractivity contribution in [3.8, 4) is 0 Å². The first-order valence-corrected chi connectivity index (χ1v) is 7.02. The van der Waals surface area contributed by atoms with E-state index in [-0.39, 0.29) is 36.4 Å².